The van der Waals surface area contributed by atoms with Gasteiger partial charge < -0.3 is 28.4 Å². The van der Waals surface area contributed by atoms with Crippen LogP contribution in [0.5, 0.6) is 5.75 Å². The predicted octanol–water partition coefficient (Wildman–Crippen LogP) is 4.04. The van der Waals surface area contributed by atoms with Gasteiger partial charge in [-0.1, -0.05) is 36.4 Å². The van der Waals surface area contributed by atoms with E-state index in [0.29, 0.717) is 18.0 Å². The van der Waals surface area contributed by atoms with Crippen LogP contribution >= 0.6 is 0 Å². The monoisotopic (exact) mass is 467 g/mol. The lowest BCUT2D eigenvalue weighted by atomic mass is 9.87. The van der Waals surface area contributed by atoms with E-state index in [1.807, 2.05) is 44.2 Å². The van der Waals surface area contributed by atoms with E-state index in [0.717, 1.165) is 5.56 Å². The molecule has 3 aliphatic heterocycles. The summed E-state index contributed by atoms with van der Waals surface area (Å²) in [4.78, 5) is 14.5. The zero-order valence-electron chi connectivity index (χ0n) is 19.5. The number of methoxy groups -OCH3 is 1. The second kappa shape index (κ2) is 8.70. The largest absolute Gasteiger partial charge is 0.497 e. The Morgan fingerprint density at radius 1 is 1.12 bits per heavy atom. The molecule has 0 spiro atoms. The highest BCUT2D eigenvalue weighted by molar-refractivity contribution is 5.92. The highest BCUT2D eigenvalue weighted by atomic mass is 16.8. The summed E-state index contributed by atoms with van der Waals surface area (Å²) in [6, 6.07) is 17.0. The third-order valence-corrected chi connectivity index (χ3v) is 6.48. The minimum atomic E-state index is -1.03. The summed E-state index contributed by atoms with van der Waals surface area (Å²) >= 11 is 0. The van der Waals surface area contributed by atoms with Crippen molar-refractivity contribution < 1.29 is 33.2 Å². The van der Waals surface area contributed by atoms with Crippen LogP contribution in [-0.2, 0) is 30.3 Å². The second-order valence-corrected chi connectivity index (χ2v) is 9.07. The van der Waals surface area contributed by atoms with Crippen LogP contribution in [0.3, 0.4) is 0 Å². The maximum Gasteiger partial charge on any atom is 0.415 e. The van der Waals surface area contributed by atoms with Gasteiger partial charge in [-0.15, -0.1) is 6.58 Å². The molecule has 3 heterocycles. The predicted molar refractivity (Wildman–Crippen MR) is 123 cm³/mol. The molecule has 3 fully saturated rings. The van der Waals surface area contributed by atoms with Crippen molar-refractivity contribution in [2.45, 2.75) is 56.4 Å². The van der Waals surface area contributed by atoms with Crippen LogP contribution in [0.4, 0.5) is 10.5 Å². The summed E-state index contributed by atoms with van der Waals surface area (Å²) < 4.78 is 35.8. The van der Waals surface area contributed by atoms with Gasteiger partial charge in [0.2, 0.25) is 0 Å². The Labute approximate surface area is 198 Å². The van der Waals surface area contributed by atoms with E-state index in [-0.39, 0.29) is 6.61 Å². The number of carbonyl (C=O) groups is 1. The van der Waals surface area contributed by atoms with Crippen molar-refractivity contribution in [3.63, 3.8) is 0 Å². The molecule has 1 amide bonds. The van der Waals surface area contributed by atoms with E-state index in [2.05, 4.69) is 6.58 Å². The Kier molecular flexibility index (Phi) is 5.85. The second-order valence-electron chi connectivity index (χ2n) is 9.07. The fourth-order valence-corrected chi connectivity index (χ4v) is 4.86. The van der Waals surface area contributed by atoms with Gasteiger partial charge in [-0.25, -0.2) is 4.79 Å². The highest BCUT2D eigenvalue weighted by Crippen LogP contribution is 2.46. The Hall–Kier alpha value is -2.91. The highest BCUT2D eigenvalue weighted by Gasteiger charge is 2.64. The van der Waals surface area contributed by atoms with Crippen molar-refractivity contribution in [1.82, 2.24) is 0 Å². The number of nitrogens with zero attached hydrogens (tertiary/aromatic N) is 1. The average Bonchev–Trinajstić information content (AvgIpc) is 3.46. The molecule has 0 aliphatic carbocycles. The lowest BCUT2D eigenvalue weighted by molar-refractivity contribution is -0.224. The van der Waals surface area contributed by atoms with E-state index in [1.54, 1.807) is 42.4 Å². The minimum Gasteiger partial charge on any atom is -0.497 e. The third kappa shape index (κ3) is 3.86. The molecular formula is C26H29NO7. The Bertz CT molecular complexity index is 1040. The molecule has 0 bridgehead atoms. The summed E-state index contributed by atoms with van der Waals surface area (Å²) in [6.07, 6.45) is -1.11. The maximum absolute atomic E-state index is 13.0. The third-order valence-electron chi connectivity index (χ3n) is 6.48. The topological polar surface area (TPSA) is 75.7 Å². The van der Waals surface area contributed by atoms with E-state index in [4.69, 9.17) is 28.4 Å². The van der Waals surface area contributed by atoms with Gasteiger partial charge >= 0.3 is 6.09 Å². The fraction of sp³-hybridized carbons (Fsp3) is 0.423. The Morgan fingerprint density at radius 3 is 2.53 bits per heavy atom. The first kappa shape index (κ1) is 22.9. The normalized spacial score (nSPS) is 31.9. The van der Waals surface area contributed by atoms with E-state index in [1.165, 1.54) is 0 Å². The number of carbonyl (C=O) groups excluding carboxylic acids is 1. The number of anilines is 1. The van der Waals surface area contributed by atoms with Crippen molar-refractivity contribution >= 4 is 11.8 Å². The van der Waals surface area contributed by atoms with Gasteiger partial charge in [-0.05, 0) is 43.7 Å². The van der Waals surface area contributed by atoms with Crippen molar-refractivity contribution in [2.75, 3.05) is 18.6 Å². The molecule has 8 nitrogen and oxygen atoms in total. The van der Waals surface area contributed by atoms with Gasteiger partial charge in [0, 0.05) is 5.69 Å². The molecule has 0 saturated carbocycles. The fourth-order valence-electron chi connectivity index (χ4n) is 4.86. The number of fused-ring (bicyclic) bond motifs is 1. The zero-order valence-corrected chi connectivity index (χ0v) is 19.5. The van der Waals surface area contributed by atoms with Gasteiger partial charge in [0.1, 0.15) is 36.2 Å². The zero-order chi connectivity index (χ0) is 23.9. The molecule has 2 aromatic rings. The van der Waals surface area contributed by atoms with Crippen molar-refractivity contribution in [3.05, 3.63) is 72.8 Å². The number of ether oxygens (including phenoxy) is 6. The number of hydrogen-bond acceptors (Lipinski definition) is 7. The van der Waals surface area contributed by atoms with Gasteiger partial charge in [0.05, 0.1) is 13.7 Å². The van der Waals surface area contributed by atoms with Crippen LogP contribution < -0.4 is 9.64 Å². The van der Waals surface area contributed by atoms with E-state index in [9.17, 15) is 4.79 Å². The number of benzene rings is 2. The first-order chi connectivity index (χ1) is 16.4. The smallest absolute Gasteiger partial charge is 0.415 e. The summed E-state index contributed by atoms with van der Waals surface area (Å²) in [5.41, 5.74) is 0.614. The van der Waals surface area contributed by atoms with Crippen molar-refractivity contribution in [2.24, 2.45) is 0 Å². The van der Waals surface area contributed by atoms with Crippen LogP contribution in [0.15, 0.2) is 67.3 Å². The van der Waals surface area contributed by atoms with E-state index < -0.39 is 42.0 Å². The summed E-state index contributed by atoms with van der Waals surface area (Å²) in [5.74, 6) is -0.131. The van der Waals surface area contributed by atoms with Crippen molar-refractivity contribution in [3.8, 4) is 5.75 Å². The minimum absolute atomic E-state index is 0.0556. The van der Waals surface area contributed by atoms with Gasteiger partial charge in [0.25, 0.3) is 0 Å². The lowest BCUT2D eigenvalue weighted by Crippen LogP contribution is -2.59. The van der Waals surface area contributed by atoms with Gasteiger partial charge in [-0.3, -0.25) is 4.90 Å². The molecular weight excluding hydrogens is 438 g/mol. The van der Waals surface area contributed by atoms with Crippen LogP contribution in [0, 0.1) is 0 Å². The molecule has 5 atom stereocenters. The van der Waals surface area contributed by atoms with Crippen molar-refractivity contribution in [1.29, 1.82) is 0 Å². The first-order valence-corrected chi connectivity index (χ1v) is 11.3. The van der Waals surface area contributed by atoms with E-state index >= 15 is 0 Å². The Balaban J connectivity index is 1.49. The van der Waals surface area contributed by atoms with Crippen LogP contribution in [0.2, 0.25) is 0 Å². The van der Waals surface area contributed by atoms with Crippen LogP contribution in [-0.4, -0.2) is 55.7 Å². The number of rotatable bonds is 7. The van der Waals surface area contributed by atoms with Gasteiger partial charge in [-0.2, -0.15) is 0 Å². The molecule has 0 radical (unpaired) electrons. The lowest BCUT2D eigenvalue weighted by Gasteiger charge is -2.40. The summed E-state index contributed by atoms with van der Waals surface area (Å²) in [6.45, 7) is 8.15. The molecule has 5 rings (SSSR count). The molecule has 3 saturated heterocycles. The first-order valence-electron chi connectivity index (χ1n) is 11.3. The molecule has 3 aliphatic rings. The van der Waals surface area contributed by atoms with Crippen LogP contribution in [0.25, 0.3) is 0 Å². The van der Waals surface area contributed by atoms with Gasteiger partial charge in [0.15, 0.2) is 12.1 Å². The number of amides is 1. The SMILES string of the molecule is C=C[C@]1([C@H]2O[C@@H]3OC(C)(C)O[C@@H]3[C@H]2OCc2ccccc2)COC(=O)N1c1ccc(OC)cc1. The average molecular weight is 468 g/mol. The molecule has 8 heteroatoms. The quantitative estimate of drug-likeness (QED) is 0.569. The molecule has 0 aromatic heterocycles. The molecule has 2 aromatic carbocycles. The van der Waals surface area contributed by atoms with Crippen LogP contribution in [0.1, 0.15) is 19.4 Å². The molecule has 180 valence electrons. The molecule has 0 N–H and O–H groups in total. The standard InChI is InChI=1S/C26H29NO7/c1-5-26(16-31-24(28)27(26)18-11-13-19(29-4)14-12-18)22-20(30-15-17-9-7-6-8-10-17)21-23(32-22)34-25(2,3)33-21/h5-14,20-23H,1,15-16H2,2-4H3/t20-,21-,22+,23-,26-/m1/s1. The molecule has 0 unspecified atom stereocenters. The Morgan fingerprint density at radius 2 is 1.85 bits per heavy atom. The number of cyclic esters (lactones) is 1. The molecule has 34 heavy (non-hydrogen) atoms. The number of hydrogen-bond donors (Lipinski definition) is 0. The summed E-state index contributed by atoms with van der Waals surface area (Å²) in [5, 5.41) is 0. The summed E-state index contributed by atoms with van der Waals surface area (Å²) in [7, 11) is 1.59. The maximum atomic E-state index is 13.0.